The SMILES string of the molecule is CCN(CC)c1ccc(Nc2cc(NCCCOC)ncn2)c(C)c1. The van der Waals surface area contributed by atoms with E-state index in [0.717, 1.165) is 50.0 Å². The van der Waals surface area contributed by atoms with Crippen LogP contribution in [0.3, 0.4) is 0 Å². The summed E-state index contributed by atoms with van der Waals surface area (Å²) >= 11 is 0. The molecule has 0 saturated heterocycles. The number of hydrogen-bond acceptors (Lipinski definition) is 6. The van der Waals surface area contributed by atoms with Crippen LogP contribution in [-0.2, 0) is 4.74 Å². The van der Waals surface area contributed by atoms with Gasteiger partial charge in [-0.2, -0.15) is 0 Å². The predicted octanol–water partition coefficient (Wildman–Crippen LogP) is 3.82. The molecule has 0 bridgehead atoms. The maximum absolute atomic E-state index is 5.05. The summed E-state index contributed by atoms with van der Waals surface area (Å²) in [5.74, 6) is 1.59. The Morgan fingerprint density at radius 1 is 1.08 bits per heavy atom. The van der Waals surface area contributed by atoms with E-state index in [1.165, 1.54) is 11.3 Å². The Bertz CT molecular complexity index is 658. The van der Waals surface area contributed by atoms with E-state index in [2.05, 4.69) is 64.5 Å². The van der Waals surface area contributed by atoms with Gasteiger partial charge in [-0.15, -0.1) is 0 Å². The highest BCUT2D eigenvalue weighted by Gasteiger charge is 2.06. The molecular weight excluding hydrogens is 314 g/mol. The molecule has 136 valence electrons. The number of aryl methyl sites for hydroxylation is 1. The molecule has 0 fully saturated rings. The average molecular weight is 343 g/mol. The molecule has 0 atom stereocenters. The summed E-state index contributed by atoms with van der Waals surface area (Å²) in [6.45, 7) is 10.0. The van der Waals surface area contributed by atoms with E-state index in [1.54, 1.807) is 13.4 Å². The molecule has 1 aromatic heterocycles. The van der Waals surface area contributed by atoms with Gasteiger partial charge in [-0.1, -0.05) is 0 Å². The van der Waals surface area contributed by atoms with Gasteiger partial charge in [-0.25, -0.2) is 9.97 Å². The number of nitrogens with zero attached hydrogens (tertiary/aromatic N) is 3. The van der Waals surface area contributed by atoms with E-state index in [-0.39, 0.29) is 0 Å². The van der Waals surface area contributed by atoms with Crippen LogP contribution in [0.1, 0.15) is 25.8 Å². The summed E-state index contributed by atoms with van der Waals surface area (Å²) < 4.78 is 5.05. The maximum Gasteiger partial charge on any atom is 0.135 e. The van der Waals surface area contributed by atoms with Gasteiger partial charge in [0.15, 0.2) is 0 Å². The predicted molar refractivity (Wildman–Crippen MR) is 105 cm³/mol. The second-order valence-electron chi connectivity index (χ2n) is 5.86. The smallest absolute Gasteiger partial charge is 0.135 e. The van der Waals surface area contributed by atoms with Crippen LogP contribution in [-0.4, -0.2) is 43.3 Å². The topological polar surface area (TPSA) is 62.3 Å². The largest absolute Gasteiger partial charge is 0.385 e. The molecule has 1 aromatic carbocycles. The Balaban J connectivity index is 2.04. The zero-order chi connectivity index (χ0) is 18.1. The maximum atomic E-state index is 5.05. The molecule has 0 spiro atoms. The lowest BCUT2D eigenvalue weighted by Crippen LogP contribution is -2.21. The lowest BCUT2D eigenvalue weighted by Gasteiger charge is -2.22. The number of ether oxygens (including phenoxy) is 1. The van der Waals surface area contributed by atoms with E-state index < -0.39 is 0 Å². The molecule has 0 amide bonds. The van der Waals surface area contributed by atoms with Crippen molar-refractivity contribution in [3.8, 4) is 0 Å². The van der Waals surface area contributed by atoms with Gasteiger partial charge in [0.1, 0.15) is 18.0 Å². The molecule has 2 N–H and O–H groups in total. The molecule has 0 aliphatic heterocycles. The molecule has 1 heterocycles. The normalized spacial score (nSPS) is 10.6. The minimum Gasteiger partial charge on any atom is -0.385 e. The molecule has 6 nitrogen and oxygen atoms in total. The van der Waals surface area contributed by atoms with Crippen LogP contribution in [0.5, 0.6) is 0 Å². The third kappa shape index (κ3) is 5.60. The number of benzene rings is 1. The van der Waals surface area contributed by atoms with E-state index in [4.69, 9.17) is 4.74 Å². The first-order valence-corrected chi connectivity index (χ1v) is 8.85. The molecule has 0 saturated carbocycles. The quantitative estimate of drug-likeness (QED) is 0.640. The van der Waals surface area contributed by atoms with Gasteiger partial charge in [-0.3, -0.25) is 0 Å². The summed E-state index contributed by atoms with van der Waals surface area (Å²) in [7, 11) is 1.71. The zero-order valence-corrected chi connectivity index (χ0v) is 15.7. The zero-order valence-electron chi connectivity index (χ0n) is 15.7. The van der Waals surface area contributed by atoms with Crippen molar-refractivity contribution in [1.29, 1.82) is 0 Å². The summed E-state index contributed by atoms with van der Waals surface area (Å²) in [6, 6.07) is 8.38. The standard InChI is InChI=1S/C19H29N5O/c1-5-24(6-2)16-8-9-17(15(3)12-16)23-19-13-18(21-14-22-19)20-10-7-11-25-4/h8-9,12-14H,5-7,10-11H2,1-4H3,(H2,20,21,22,23). The second-order valence-corrected chi connectivity index (χ2v) is 5.86. The van der Waals surface area contributed by atoms with Gasteiger partial charge in [0, 0.05) is 50.8 Å². The first-order chi connectivity index (χ1) is 12.2. The molecule has 0 radical (unpaired) electrons. The minimum absolute atomic E-state index is 0.737. The van der Waals surface area contributed by atoms with Crippen molar-refractivity contribution < 1.29 is 4.74 Å². The van der Waals surface area contributed by atoms with Gasteiger partial charge < -0.3 is 20.3 Å². The summed E-state index contributed by atoms with van der Waals surface area (Å²) in [4.78, 5) is 10.9. The van der Waals surface area contributed by atoms with E-state index in [1.807, 2.05) is 6.07 Å². The van der Waals surface area contributed by atoms with E-state index in [0.29, 0.717) is 0 Å². The molecule has 0 aliphatic carbocycles. The molecule has 6 heteroatoms. The van der Waals surface area contributed by atoms with Crippen molar-refractivity contribution in [3.05, 3.63) is 36.2 Å². The van der Waals surface area contributed by atoms with Crippen LogP contribution in [0.25, 0.3) is 0 Å². The Hall–Kier alpha value is -2.34. The fourth-order valence-corrected chi connectivity index (χ4v) is 2.67. The number of rotatable bonds is 10. The van der Waals surface area contributed by atoms with Gasteiger partial charge in [-0.05, 0) is 51.0 Å². The van der Waals surface area contributed by atoms with Crippen LogP contribution in [0, 0.1) is 6.92 Å². The Labute approximate surface area is 150 Å². The van der Waals surface area contributed by atoms with Gasteiger partial charge in [0.25, 0.3) is 0 Å². The molecule has 0 aliphatic rings. The monoisotopic (exact) mass is 343 g/mol. The molecule has 2 aromatic rings. The van der Waals surface area contributed by atoms with E-state index >= 15 is 0 Å². The number of nitrogens with one attached hydrogen (secondary N) is 2. The number of aromatic nitrogens is 2. The Morgan fingerprint density at radius 3 is 2.52 bits per heavy atom. The van der Waals surface area contributed by atoms with Crippen LogP contribution < -0.4 is 15.5 Å². The van der Waals surface area contributed by atoms with Crippen molar-refractivity contribution in [2.24, 2.45) is 0 Å². The third-order valence-electron chi connectivity index (χ3n) is 4.10. The number of anilines is 4. The first-order valence-electron chi connectivity index (χ1n) is 8.85. The van der Waals surface area contributed by atoms with Crippen molar-refractivity contribution >= 4 is 23.0 Å². The van der Waals surface area contributed by atoms with Crippen LogP contribution in [0.4, 0.5) is 23.0 Å². The fraction of sp³-hybridized carbons (Fsp3) is 0.474. The summed E-state index contributed by atoms with van der Waals surface area (Å²) in [5.41, 5.74) is 3.49. The van der Waals surface area contributed by atoms with Crippen LogP contribution >= 0.6 is 0 Å². The second kappa shape index (κ2) is 9.84. The van der Waals surface area contributed by atoms with Crippen molar-refractivity contribution in [3.63, 3.8) is 0 Å². The van der Waals surface area contributed by atoms with Crippen LogP contribution in [0.15, 0.2) is 30.6 Å². The van der Waals surface area contributed by atoms with Crippen LogP contribution in [0.2, 0.25) is 0 Å². The first kappa shape index (κ1) is 19.0. The highest BCUT2D eigenvalue weighted by molar-refractivity contribution is 5.66. The molecular formula is C19H29N5O. The minimum atomic E-state index is 0.737. The highest BCUT2D eigenvalue weighted by atomic mass is 16.5. The lowest BCUT2D eigenvalue weighted by molar-refractivity contribution is 0.198. The van der Waals surface area contributed by atoms with Gasteiger partial charge in [0.2, 0.25) is 0 Å². The summed E-state index contributed by atoms with van der Waals surface area (Å²) in [6.07, 6.45) is 2.51. The highest BCUT2D eigenvalue weighted by Crippen LogP contribution is 2.25. The molecule has 2 rings (SSSR count). The number of hydrogen-bond donors (Lipinski definition) is 2. The van der Waals surface area contributed by atoms with Crippen molar-refractivity contribution in [2.75, 3.05) is 48.9 Å². The average Bonchev–Trinajstić information content (AvgIpc) is 2.62. The Morgan fingerprint density at radius 2 is 1.84 bits per heavy atom. The molecule has 0 unspecified atom stereocenters. The third-order valence-corrected chi connectivity index (χ3v) is 4.10. The number of methoxy groups -OCH3 is 1. The van der Waals surface area contributed by atoms with Crippen molar-refractivity contribution in [2.45, 2.75) is 27.2 Å². The Kier molecular flexibility index (Phi) is 7.47. The summed E-state index contributed by atoms with van der Waals surface area (Å²) in [5, 5.41) is 6.66. The van der Waals surface area contributed by atoms with Crippen molar-refractivity contribution in [1.82, 2.24) is 9.97 Å². The van der Waals surface area contributed by atoms with Gasteiger partial charge >= 0.3 is 0 Å². The fourth-order valence-electron chi connectivity index (χ4n) is 2.67. The van der Waals surface area contributed by atoms with Gasteiger partial charge in [0.05, 0.1) is 0 Å². The molecule has 25 heavy (non-hydrogen) atoms. The van der Waals surface area contributed by atoms with E-state index in [9.17, 15) is 0 Å². The lowest BCUT2D eigenvalue weighted by atomic mass is 10.1.